The summed E-state index contributed by atoms with van der Waals surface area (Å²) in [5.74, 6) is 0.0455. The highest BCUT2D eigenvalue weighted by molar-refractivity contribution is 5.94. The summed E-state index contributed by atoms with van der Waals surface area (Å²) in [6.45, 7) is 7.45. The summed E-state index contributed by atoms with van der Waals surface area (Å²) in [7, 11) is 3.53. The lowest BCUT2D eigenvalue weighted by Crippen LogP contribution is -2.30. The van der Waals surface area contributed by atoms with Crippen LogP contribution in [0.4, 0.5) is 5.69 Å². The summed E-state index contributed by atoms with van der Waals surface area (Å²) in [4.78, 5) is 15.6. The van der Waals surface area contributed by atoms with Gasteiger partial charge >= 0.3 is 0 Å². The standard InChI is InChI=1S/C14H22N2O/c1-6-16(11(2)3)13-9-7-12(8-10-13)14(17)15(4)5/h7-11H,6H2,1-5H3. The SMILES string of the molecule is CCN(c1ccc(C(=O)N(C)C)cc1)C(C)C. The molecule has 0 saturated heterocycles. The zero-order valence-corrected chi connectivity index (χ0v) is 11.4. The minimum atomic E-state index is 0.0455. The van der Waals surface area contributed by atoms with Gasteiger partial charge in [0.1, 0.15) is 0 Å². The highest BCUT2D eigenvalue weighted by atomic mass is 16.2. The van der Waals surface area contributed by atoms with Crippen LogP contribution >= 0.6 is 0 Å². The predicted molar refractivity (Wildman–Crippen MR) is 72.6 cm³/mol. The fraction of sp³-hybridized carbons (Fsp3) is 0.500. The highest BCUT2D eigenvalue weighted by Gasteiger charge is 2.10. The van der Waals surface area contributed by atoms with Crippen LogP contribution in [-0.4, -0.2) is 37.5 Å². The largest absolute Gasteiger partial charge is 0.369 e. The number of nitrogens with zero attached hydrogens (tertiary/aromatic N) is 2. The molecule has 0 unspecified atom stereocenters. The van der Waals surface area contributed by atoms with E-state index in [1.165, 1.54) is 0 Å². The molecule has 0 N–H and O–H groups in total. The van der Waals surface area contributed by atoms with E-state index >= 15 is 0 Å². The van der Waals surface area contributed by atoms with Crippen molar-refractivity contribution in [3.63, 3.8) is 0 Å². The summed E-state index contributed by atoms with van der Waals surface area (Å²) in [6.07, 6.45) is 0. The van der Waals surface area contributed by atoms with Crippen LogP contribution in [0.15, 0.2) is 24.3 Å². The van der Waals surface area contributed by atoms with E-state index in [2.05, 4.69) is 25.7 Å². The third-order valence-electron chi connectivity index (χ3n) is 2.82. The first kappa shape index (κ1) is 13.6. The summed E-state index contributed by atoms with van der Waals surface area (Å²) in [5, 5.41) is 0. The molecule has 1 aromatic rings. The minimum absolute atomic E-state index is 0.0455. The number of rotatable bonds is 4. The Hall–Kier alpha value is -1.51. The third-order valence-corrected chi connectivity index (χ3v) is 2.82. The van der Waals surface area contributed by atoms with Gasteiger partial charge in [-0.15, -0.1) is 0 Å². The molecule has 0 saturated carbocycles. The second kappa shape index (κ2) is 5.71. The van der Waals surface area contributed by atoms with Crippen molar-refractivity contribution in [2.24, 2.45) is 0 Å². The Morgan fingerprint density at radius 2 is 1.71 bits per heavy atom. The first-order valence-electron chi connectivity index (χ1n) is 6.05. The molecular formula is C14H22N2O. The zero-order valence-electron chi connectivity index (χ0n) is 11.4. The lowest BCUT2D eigenvalue weighted by atomic mass is 10.1. The minimum Gasteiger partial charge on any atom is -0.369 e. The van der Waals surface area contributed by atoms with E-state index in [9.17, 15) is 4.79 Å². The molecule has 3 nitrogen and oxygen atoms in total. The van der Waals surface area contributed by atoms with Crippen LogP contribution in [0.5, 0.6) is 0 Å². The molecule has 1 rings (SSSR count). The summed E-state index contributed by atoms with van der Waals surface area (Å²) in [6, 6.07) is 8.28. The number of amides is 1. The second-order valence-electron chi connectivity index (χ2n) is 4.63. The van der Waals surface area contributed by atoms with Crippen LogP contribution in [0.3, 0.4) is 0 Å². The smallest absolute Gasteiger partial charge is 0.253 e. The number of benzene rings is 1. The lowest BCUT2D eigenvalue weighted by molar-refractivity contribution is 0.0827. The van der Waals surface area contributed by atoms with Crippen molar-refractivity contribution in [3.8, 4) is 0 Å². The van der Waals surface area contributed by atoms with Crippen LogP contribution < -0.4 is 4.90 Å². The molecule has 0 aliphatic heterocycles. The maximum atomic E-state index is 11.7. The van der Waals surface area contributed by atoms with Crippen LogP contribution in [0.2, 0.25) is 0 Å². The normalized spacial score (nSPS) is 10.5. The number of hydrogen-bond acceptors (Lipinski definition) is 2. The summed E-state index contributed by atoms with van der Waals surface area (Å²) in [5.41, 5.74) is 1.90. The molecule has 0 fully saturated rings. The van der Waals surface area contributed by atoms with E-state index in [0.29, 0.717) is 6.04 Å². The van der Waals surface area contributed by atoms with Crippen molar-refractivity contribution in [2.45, 2.75) is 26.8 Å². The van der Waals surface area contributed by atoms with Crippen molar-refractivity contribution in [3.05, 3.63) is 29.8 Å². The monoisotopic (exact) mass is 234 g/mol. The topological polar surface area (TPSA) is 23.6 Å². The molecule has 3 heteroatoms. The number of carbonyl (C=O) groups is 1. The Kier molecular flexibility index (Phi) is 4.55. The van der Waals surface area contributed by atoms with Gasteiger partial charge in [0, 0.05) is 37.9 Å². The third kappa shape index (κ3) is 3.22. The quantitative estimate of drug-likeness (QED) is 0.799. The Bertz CT molecular complexity index is 368. The fourth-order valence-corrected chi connectivity index (χ4v) is 1.90. The Morgan fingerprint density at radius 1 is 1.18 bits per heavy atom. The molecule has 0 aliphatic rings. The van der Waals surface area contributed by atoms with E-state index in [1.54, 1.807) is 19.0 Å². The first-order valence-corrected chi connectivity index (χ1v) is 6.05. The molecule has 17 heavy (non-hydrogen) atoms. The maximum Gasteiger partial charge on any atom is 0.253 e. The van der Waals surface area contributed by atoms with Crippen molar-refractivity contribution in [1.82, 2.24) is 4.90 Å². The van der Waals surface area contributed by atoms with E-state index in [4.69, 9.17) is 0 Å². The molecule has 0 radical (unpaired) electrons. The van der Waals surface area contributed by atoms with Gasteiger partial charge in [0.25, 0.3) is 5.91 Å². The van der Waals surface area contributed by atoms with Gasteiger partial charge in [-0.05, 0) is 45.0 Å². The molecular weight excluding hydrogens is 212 g/mol. The Balaban J connectivity index is 2.91. The maximum absolute atomic E-state index is 11.7. The highest BCUT2D eigenvalue weighted by Crippen LogP contribution is 2.18. The van der Waals surface area contributed by atoms with Gasteiger partial charge in [-0.25, -0.2) is 0 Å². The van der Waals surface area contributed by atoms with Gasteiger partial charge in [-0.3, -0.25) is 4.79 Å². The van der Waals surface area contributed by atoms with Crippen LogP contribution in [0, 0.1) is 0 Å². The van der Waals surface area contributed by atoms with Crippen molar-refractivity contribution < 1.29 is 4.79 Å². The van der Waals surface area contributed by atoms with Gasteiger partial charge in [-0.1, -0.05) is 0 Å². The van der Waals surface area contributed by atoms with Crippen molar-refractivity contribution >= 4 is 11.6 Å². The molecule has 94 valence electrons. The van der Waals surface area contributed by atoms with Crippen LogP contribution in [-0.2, 0) is 0 Å². The Morgan fingerprint density at radius 3 is 2.06 bits per heavy atom. The van der Waals surface area contributed by atoms with Gasteiger partial charge in [0.2, 0.25) is 0 Å². The van der Waals surface area contributed by atoms with E-state index in [1.807, 2.05) is 24.3 Å². The predicted octanol–water partition coefficient (Wildman–Crippen LogP) is 2.62. The molecule has 0 aromatic heterocycles. The van der Waals surface area contributed by atoms with Gasteiger partial charge in [-0.2, -0.15) is 0 Å². The first-order chi connectivity index (χ1) is 7.97. The number of hydrogen-bond donors (Lipinski definition) is 0. The van der Waals surface area contributed by atoms with Crippen LogP contribution in [0.25, 0.3) is 0 Å². The van der Waals surface area contributed by atoms with Gasteiger partial charge in [0.05, 0.1) is 0 Å². The zero-order chi connectivity index (χ0) is 13.0. The molecule has 0 aliphatic carbocycles. The number of carbonyl (C=O) groups excluding carboxylic acids is 1. The second-order valence-corrected chi connectivity index (χ2v) is 4.63. The molecule has 1 amide bonds. The van der Waals surface area contributed by atoms with E-state index < -0.39 is 0 Å². The van der Waals surface area contributed by atoms with Crippen molar-refractivity contribution in [2.75, 3.05) is 25.5 Å². The Labute approximate surface area is 104 Å². The summed E-state index contributed by atoms with van der Waals surface area (Å²) < 4.78 is 0. The van der Waals surface area contributed by atoms with E-state index in [-0.39, 0.29) is 5.91 Å². The van der Waals surface area contributed by atoms with Crippen molar-refractivity contribution in [1.29, 1.82) is 0 Å². The average Bonchev–Trinajstić information content (AvgIpc) is 2.29. The number of anilines is 1. The molecule has 0 spiro atoms. The van der Waals surface area contributed by atoms with Gasteiger partial charge < -0.3 is 9.80 Å². The molecule has 0 heterocycles. The average molecular weight is 234 g/mol. The van der Waals surface area contributed by atoms with Gasteiger partial charge in [0.15, 0.2) is 0 Å². The molecule has 0 bridgehead atoms. The summed E-state index contributed by atoms with van der Waals surface area (Å²) >= 11 is 0. The lowest BCUT2D eigenvalue weighted by Gasteiger charge is -2.27. The van der Waals surface area contributed by atoms with E-state index in [0.717, 1.165) is 17.8 Å². The van der Waals surface area contributed by atoms with Crippen LogP contribution in [0.1, 0.15) is 31.1 Å². The fourth-order valence-electron chi connectivity index (χ4n) is 1.90. The molecule has 1 aromatic carbocycles. The molecule has 0 atom stereocenters.